The molecule has 4 N–H and O–H groups in total. The van der Waals surface area contributed by atoms with Crippen LogP contribution in [0.1, 0.15) is 21.7 Å². The number of hydrogen-bond donors (Lipinski definition) is 4. The summed E-state index contributed by atoms with van der Waals surface area (Å²) in [7, 11) is 0. The highest BCUT2D eigenvalue weighted by Gasteiger charge is 2.24. The zero-order chi connectivity index (χ0) is 23.2. The fourth-order valence-corrected chi connectivity index (χ4v) is 3.41. The third kappa shape index (κ3) is 5.19. The van der Waals surface area contributed by atoms with E-state index in [1.54, 1.807) is 48.7 Å². The van der Waals surface area contributed by atoms with Gasteiger partial charge in [0.25, 0.3) is 11.8 Å². The van der Waals surface area contributed by atoms with Gasteiger partial charge in [-0.05, 0) is 35.9 Å². The van der Waals surface area contributed by atoms with Crippen LogP contribution in [0.3, 0.4) is 0 Å². The number of rotatable bonds is 8. The van der Waals surface area contributed by atoms with Crippen molar-refractivity contribution < 1.29 is 23.9 Å². The van der Waals surface area contributed by atoms with Crippen LogP contribution < -0.4 is 10.6 Å². The SMILES string of the molecule is O=C(N[C@H](Cc1c[nH]c2ccccc12)C(=O)O)/C(=C\c1ccco1)NC(=O)c1ccccc1. The second-order valence-electron chi connectivity index (χ2n) is 7.32. The van der Waals surface area contributed by atoms with Crippen LogP contribution in [0.2, 0.25) is 0 Å². The molecule has 0 spiro atoms. The highest BCUT2D eigenvalue weighted by molar-refractivity contribution is 6.06. The van der Waals surface area contributed by atoms with Crippen molar-refractivity contribution in [3.8, 4) is 0 Å². The molecule has 0 unspecified atom stereocenters. The molecule has 0 bridgehead atoms. The second kappa shape index (κ2) is 9.69. The van der Waals surface area contributed by atoms with Crippen molar-refractivity contribution in [3.05, 3.63) is 102 Å². The third-order valence-corrected chi connectivity index (χ3v) is 5.06. The van der Waals surface area contributed by atoms with Gasteiger partial charge in [-0.3, -0.25) is 9.59 Å². The quantitative estimate of drug-likeness (QED) is 0.311. The predicted octanol–water partition coefficient (Wildman–Crippen LogP) is 3.34. The molecule has 8 nitrogen and oxygen atoms in total. The number of nitrogens with one attached hydrogen (secondary N) is 3. The summed E-state index contributed by atoms with van der Waals surface area (Å²) in [5.74, 6) is -2.12. The van der Waals surface area contributed by atoms with Gasteiger partial charge in [0.05, 0.1) is 6.26 Å². The van der Waals surface area contributed by atoms with E-state index in [9.17, 15) is 19.5 Å². The molecule has 4 aromatic rings. The molecule has 166 valence electrons. The van der Waals surface area contributed by atoms with E-state index in [1.807, 2.05) is 24.3 Å². The van der Waals surface area contributed by atoms with Gasteiger partial charge in [-0.25, -0.2) is 4.79 Å². The van der Waals surface area contributed by atoms with Crippen LogP contribution >= 0.6 is 0 Å². The normalized spacial score (nSPS) is 12.3. The molecule has 0 aliphatic carbocycles. The minimum atomic E-state index is -1.22. The van der Waals surface area contributed by atoms with Crippen molar-refractivity contribution in [2.45, 2.75) is 12.5 Å². The van der Waals surface area contributed by atoms with Gasteiger partial charge < -0.3 is 25.1 Å². The van der Waals surface area contributed by atoms with Crippen LogP contribution in [-0.2, 0) is 16.0 Å². The molecule has 8 heteroatoms. The summed E-state index contributed by atoms with van der Waals surface area (Å²) in [5.41, 5.74) is 1.84. The standard InChI is InChI=1S/C25H21N3O5/c29-23(16-7-2-1-3-8-16)27-21(14-18-9-6-12-33-18)24(30)28-22(25(31)32)13-17-15-26-20-11-5-4-10-19(17)20/h1-12,14-15,22,26H,13H2,(H,27,29)(H,28,30)(H,31,32)/b21-14+/t22-/m1/s1. The van der Waals surface area contributed by atoms with E-state index in [4.69, 9.17) is 4.42 Å². The zero-order valence-electron chi connectivity index (χ0n) is 17.4. The average Bonchev–Trinajstić information content (AvgIpc) is 3.48. The van der Waals surface area contributed by atoms with Gasteiger partial charge in [0.15, 0.2) is 0 Å². The first-order chi connectivity index (χ1) is 16.0. The Balaban J connectivity index is 1.56. The van der Waals surface area contributed by atoms with Crippen molar-refractivity contribution in [1.82, 2.24) is 15.6 Å². The molecule has 2 heterocycles. The number of aromatic amines is 1. The van der Waals surface area contributed by atoms with E-state index in [-0.39, 0.29) is 12.1 Å². The van der Waals surface area contributed by atoms with Crippen LogP contribution in [0.25, 0.3) is 17.0 Å². The molecule has 0 saturated carbocycles. The maximum absolute atomic E-state index is 13.0. The smallest absolute Gasteiger partial charge is 0.326 e. The number of H-pyrrole nitrogens is 1. The van der Waals surface area contributed by atoms with E-state index in [0.717, 1.165) is 16.5 Å². The summed E-state index contributed by atoms with van der Waals surface area (Å²) >= 11 is 0. The molecule has 4 rings (SSSR count). The number of amides is 2. The summed E-state index contributed by atoms with van der Waals surface area (Å²) in [4.78, 5) is 40.7. The monoisotopic (exact) mass is 443 g/mol. The van der Waals surface area contributed by atoms with E-state index in [2.05, 4.69) is 15.6 Å². The second-order valence-corrected chi connectivity index (χ2v) is 7.32. The molecule has 0 radical (unpaired) electrons. The third-order valence-electron chi connectivity index (χ3n) is 5.06. The Bertz CT molecular complexity index is 1310. The molecule has 2 aromatic heterocycles. The van der Waals surface area contributed by atoms with Crippen LogP contribution in [0.5, 0.6) is 0 Å². The molecule has 2 amide bonds. The van der Waals surface area contributed by atoms with E-state index < -0.39 is 23.8 Å². The Morgan fingerprint density at radius 2 is 1.76 bits per heavy atom. The Hall–Kier alpha value is -4.59. The van der Waals surface area contributed by atoms with Gasteiger partial charge in [0.1, 0.15) is 17.5 Å². The summed E-state index contributed by atoms with van der Waals surface area (Å²) in [5, 5.41) is 15.7. The summed E-state index contributed by atoms with van der Waals surface area (Å²) < 4.78 is 5.26. The number of aliphatic carboxylic acids is 1. The Morgan fingerprint density at radius 1 is 1.00 bits per heavy atom. The van der Waals surface area contributed by atoms with Crippen LogP contribution in [0.15, 0.2) is 89.3 Å². The number of aromatic nitrogens is 1. The first-order valence-corrected chi connectivity index (χ1v) is 10.2. The largest absolute Gasteiger partial charge is 0.480 e. The lowest BCUT2D eigenvalue weighted by atomic mass is 10.0. The first-order valence-electron chi connectivity index (χ1n) is 10.2. The molecule has 0 fully saturated rings. The Labute approximate surface area is 188 Å². The van der Waals surface area contributed by atoms with E-state index in [1.165, 1.54) is 12.3 Å². The molecule has 0 aliphatic rings. The highest BCUT2D eigenvalue weighted by atomic mass is 16.4. The Kier molecular flexibility index (Phi) is 6.36. The van der Waals surface area contributed by atoms with E-state index >= 15 is 0 Å². The van der Waals surface area contributed by atoms with E-state index in [0.29, 0.717) is 11.3 Å². The Morgan fingerprint density at radius 3 is 2.48 bits per heavy atom. The van der Waals surface area contributed by atoms with Crippen molar-refractivity contribution in [2.24, 2.45) is 0 Å². The fraction of sp³-hybridized carbons (Fsp3) is 0.0800. The number of furan rings is 1. The minimum Gasteiger partial charge on any atom is -0.480 e. The number of hydrogen-bond acceptors (Lipinski definition) is 4. The van der Waals surface area contributed by atoms with Gasteiger partial charge in [0.2, 0.25) is 0 Å². The summed E-state index contributed by atoms with van der Waals surface area (Å²) in [6.45, 7) is 0. The number of fused-ring (bicyclic) bond motifs is 1. The number of carboxylic acids is 1. The number of para-hydroxylation sites is 1. The maximum atomic E-state index is 13.0. The van der Waals surface area contributed by atoms with Gasteiger partial charge in [-0.1, -0.05) is 36.4 Å². The molecular formula is C25H21N3O5. The fourth-order valence-electron chi connectivity index (χ4n) is 3.41. The molecule has 2 aromatic carbocycles. The topological polar surface area (TPSA) is 124 Å². The number of benzene rings is 2. The number of carbonyl (C=O) groups is 3. The van der Waals surface area contributed by atoms with Crippen LogP contribution in [0.4, 0.5) is 0 Å². The lowest BCUT2D eigenvalue weighted by molar-refractivity contribution is -0.141. The van der Waals surface area contributed by atoms with Gasteiger partial charge >= 0.3 is 5.97 Å². The minimum absolute atomic E-state index is 0.0613. The molecule has 33 heavy (non-hydrogen) atoms. The molecule has 1 atom stereocenters. The predicted molar refractivity (Wildman–Crippen MR) is 122 cm³/mol. The lowest BCUT2D eigenvalue weighted by Crippen LogP contribution is -2.45. The van der Waals surface area contributed by atoms with Gasteiger partial charge in [-0.15, -0.1) is 0 Å². The van der Waals surface area contributed by atoms with Gasteiger partial charge in [-0.2, -0.15) is 0 Å². The number of carbonyl (C=O) groups excluding carboxylic acids is 2. The lowest BCUT2D eigenvalue weighted by Gasteiger charge is -2.16. The highest BCUT2D eigenvalue weighted by Crippen LogP contribution is 2.19. The molecular weight excluding hydrogens is 422 g/mol. The molecule has 0 aliphatic heterocycles. The average molecular weight is 443 g/mol. The van der Waals surface area contributed by atoms with Crippen LogP contribution in [0, 0.1) is 0 Å². The summed E-state index contributed by atoms with van der Waals surface area (Å²) in [6, 6.07) is 17.9. The number of carboxylic acid groups (broad SMARTS) is 1. The van der Waals surface area contributed by atoms with Crippen molar-refractivity contribution in [3.63, 3.8) is 0 Å². The zero-order valence-corrected chi connectivity index (χ0v) is 17.4. The molecule has 0 saturated heterocycles. The van der Waals surface area contributed by atoms with Gasteiger partial charge in [0, 0.05) is 35.2 Å². The van der Waals surface area contributed by atoms with Crippen molar-refractivity contribution in [2.75, 3.05) is 0 Å². The van der Waals surface area contributed by atoms with Crippen molar-refractivity contribution >= 4 is 34.8 Å². The van der Waals surface area contributed by atoms with Crippen LogP contribution in [-0.4, -0.2) is 33.9 Å². The maximum Gasteiger partial charge on any atom is 0.326 e. The first kappa shape index (κ1) is 21.6. The summed E-state index contributed by atoms with van der Waals surface area (Å²) in [6.07, 6.45) is 4.56. The van der Waals surface area contributed by atoms with Crippen molar-refractivity contribution in [1.29, 1.82) is 0 Å².